The molecule has 3 aromatic carbocycles. The molecule has 45 heavy (non-hydrogen) atoms. The quantitative estimate of drug-likeness (QED) is 0.137. The van der Waals surface area contributed by atoms with Gasteiger partial charge in [-0.25, -0.2) is 4.79 Å². The zero-order chi connectivity index (χ0) is 32.1. The zero-order valence-corrected chi connectivity index (χ0v) is 26.2. The van der Waals surface area contributed by atoms with Crippen LogP contribution in [0.2, 0.25) is 5.02 Å². The average molecular weight is 677 g/mol. The third-order valence-electron chi connectivity index (χ3n) is 7.25. The molecule has 2 aliphatic heterocycles. The standard InChI is InChI=1S/C32H28ClF3N2O5S2/c33-26-7-6-24(32(34,35)36)18-25(26)21-4-1-3-20(15-21)16-28-29(39)38(31(44)45-28)9-2-12-43-27-8-5-22(30(40)41)17-23(27)19-37-10-13-42-14-11-37/h1,3-8,15-18H,2,9-14,19H2,(H,40,41)/b28-16-. The molecule has 0 aliphatic carbocycles. The van der Waals surface area contributed by atoms with E-state index >= 15 is 0 Å². The number of carboxylic acid groups (broad SMARTS) is 1. The lowest BCUT2D eigenvalue weighted by Gasteiger charge is -2.27. The number of carbonyl (C=O) groups excluding carboxylic acids is 1. The molecule has 0 saturated carbocycles. The minimum Gasteiger partial charge on any atom is -0.493 e. The van der Waals surface area contributed by atoms with Crippen LogP contribution in [0.15, 0.2) is 65.6 Å². The largest absolute Gasteiger partial charge is 0.493 e. The lowest BCUT2D eigenvalue weighted by atomic mass is 10.0. The summed E-state index contributed by atoms with van der Waals surface area (Å²) in [7, 11) is 0. The highest BCUT2D eigenvalue weighted by Crippen LogP contribution is 2.37. The highest BCUT2D eigenvalue weighted by atomic mass is 35.5. The number of ether oxygens (including phenoxy) is 2. The van der Waals surface area contributed by atoms with Gasteiger partial charge in [-0.15, -0.1) is 0 Å². The Balaban J connectivity index is 1.22. The van der Waals surface area contributed by atoms with E-state index in [1.165, 1.54) is 17.0 Å². The van der Waals surface area contributed by atoms with Crippen molar-refractivity contribution in [1.82, 2.24) is 9.80 Å². The van der Waals surface area contributed by atoms with E-state index < -0.39 is 17.7 Å². The van der Waals surface area contributed by atoms with Crippen molar-refractivity contribution in [3.8, 4) is 16.9 Å². The molecule has 0 aromatic heterocycles. The number of aromatic carboxylic acids is 1. The number of amides is 1. The van der Waals surface area contributed by atoms with E-state index in [0.29, 0.717) is 58.8 Å². The van der Waals surface area contributed by atoms with Gasteiger partial charge in [0.25, 0.3) is 5.91 Å². The Bertz CT molecular complexity index is 1640. The zero-order valence-electron chi connectivity index (χ0n) is 23.8. The molecule has 1 N–H and O–H groups in total. The van der Waals surface area contributed by atoms with Gasteiger partial charge in [0.2, 0.25) is 0 Å². The van der Waals surface area contributed by atoms with Gasteiger partial charge >= 0.3 is 12.1 Å². The Hall–Kier alpha value is -3.42. The molecule has 236 valence electrons. The SMILES string of the molecule is O=C(O)c1ccc(OCCCN2C(=O)/C(=C/c3cccc(-c4cc(C(F)(F)F)ccc4Cl)c3)SC2=S)c(CN2CCOCC2)c1. The van der Waals surface area contributed by atoms with Crippen molar-refractivity contribution in [3.63, 3.8) is 0 Å². The molecule has 3 aromatic rings. The molecule has 0 atom stereocenters. The Morgan fingerprint density at radius 2 is 1.89 bits per heavy atom. The molecule has 1 amide bonds. The Morgan fingerprint density at radius 3 is 2.62 bits per heavy atom. The monoisotopic (exact) mass is 676 g/mol. The van der Waals surface area contributed by atoms with Crippen molar-refractivity contribution in [1.29, 1.82) is 0 Å². The first-order valence-electron chi connectivity index (χ1n) is 14.0. The molecule has 2 aliphatic rings. The third-order valence-corrected chi connectivity index (χ3v) is 8.96. The van der Waals surface area contributed by atoms with E-state index in [-0.39, 0.29) is 28.7 Å². The predicted molar refractivity (Wildman–Crippen MR) is 171 cm³/mol. The first-order chi connectivity index (χ1) is 21.5. The maximum absolute atomic E-state index is 13.3. The van der Waals surface area contributed by atoms with Crippen LogP contribution in [0.5, 0.6) is 5.75 Å². The van der Waals surface area contributed by atoms with Gasteiger partial charge in [0, 0.05) is 42.3 Å². The van der Waals surface area contributed by atoms with Gasteiger partial charge in [0.15, 0.2) is 0 Å². The number of benzene rings is 3. The number of hydrogen-bond donors (Lipinski definition) is 1. The first-order valence-corrected chi connectivity index (χ1v) is 15.6. The molecule has 0 bridgehead atoms. The number of rotatable bonds is 10. The van der Waals surface area contributed by atoms with Gasteiger partial charge in [-0.3, -0.25) is 14.6 Å². The summed E-state index contributed by atoms with van der Waals surface area (Å²) >= 11 is 12.8. The van der Waals surface area contributed by atoms with Crippen molar-refractivity contribution >= 4 is 57.9 Å². The first kappa shape index (κ1) is 33.0. The number of morpholine rings is 1. The second kappa shape index (κ2) is 14.3. The number of alkyl halides is 3. The average Bonchev–Trinajstić information content (AvgIpc) is 3.27. The van der Waals surface area contributed by atoms with Crippen LogP contribution in [0, 0.1) is 0 Å². The van der Waals surface area contributed by atoms with Crippen molar-refractivity contribution in [2.75, 3.05) is 39.5 Å². The number of nitrogens with zero attached hydrogens (tertiary/aromatic N) is 2. The lowest BCUT2D eigenvalue weighted by Crippen LogP contribution is -2.35. The summed E-state index contributed by atoms with van der Waals surface area (Å²) in [6, 6.07) is 14.7. The normalized spacial score (nSPS) is 16.9. The third kappa shape index (κ3) is 8.25. The Morgan fingerprint density at radius 1 is 1.11 bits per heavy atom. The summed E-state index contributed by atoms with van der Waals surface area (Å²) in [5, 5.41) is 9.63. The van der Waals surface area contributed by atoms with E-state index in [2.05, 4.69) is 4.90 Å². The fraction of sp³-hybridized carbons (Fsp3) is 0.281. The summed E-state index contributed by atoms with van der Waals surface area (Å²) in [5.74, 6) is -0.706. The number of thiocarbonyl (C=S) groups is 1. The fourth-order valence-corrected chi connectivity index (χ4v) is 6.48. The molecule has 0 spiro atoms. The maximum Gasteiger partial charge on any atom is 0.416 e. The highest BCUT2D eigenvalue weighted by molar-refractivity contribution is 8.26. The smallest absolute Gasteiger partial charge is 0.416 e. The van der Waals surface area contributed by atoms with Gasteiger partial charge < -0.3 is 14.6 Å². The molecule has 2 heterocycles. The van der Waals surface area contributed by atoms with E-state index in [0.717, 1.165) is 42.5 Å². The molecule has 2 saturated heterocycles. The van der Waals surface area contributed by atoms with Gasteiger partial charge in [-0.2, -0.15) is 13.2 Å². The number of carbonyl (C=O) groups is 2. The van der Waals surface area contributed by atoms with Gasteiger partial charge in [-0.05, 0) is 66.1 Å². The summed E-state index contributed by atoms with van der Waals surface area (Å²) in [4.78, 5) is 28.8. The Kier molecular flexibility index (Phi) is 10.5. The van der Waals surface area contributed by atoms with Crippen LogP contribution < -0.4 is 4.74 Å². The molecule has 13 heteroatoms. The van der Waals surface area contributed by atoms with Crippen molar-refractivity contribution < 1.29 is 37.3 Å². The molecular formula is C32H28ClF3N2O5S2. The molecule has 7 nitrogen and oxygen atoms in total. The number of hydrogen-bond acceptors (Lipinski definition) is 7. The minimum absolute atomic E-state index is 0.179. The van der Waals surface area contributed by atoms with Crippen LogP contribution in [0.25, 0.3) is 17.2 Å². The number of carboxylic acids is 1. The molecule has 0 radical (unpaired) electrons. The van der Waals surface area contributed by atoms with E-state index in [1.807, 2.05) is 0 Å². The van der Waals surface area contributed by atoms with Crippen LogP contribution in [0.3, 0.4) is 0 Å². The molecule has 2 fully saturated rings. The topological polar surface area (TPSA) is 79.3 Å². The van der Waals surface area contributed by atoms with Gasteiger partial charge in [0.1, 0.15) is 10.1 Å². The summed E-state index contributed by atoms with van der Waals surface area (Å²) in [5.41, 5.74) is 1.47. The van der Waals surface area contributed by atoms with E-state index in [4.69, 9.17) is 33.3 Å². The summed E-state index contributed by atoms with van der Waals surface area (Å²) < 4.78 is 51.7. The maximum atomic E-state index is 13.3. The van der Waals surface area contributed by atoms with Crippen molar-refractivity contribution in [2.24, 2.45) is 0 Å². The van der Waals surface area contributed by atoms with Gasteiger partial charge in [-0.1, -0.05) is 53.8 Å². The molecular weight excluding hydrogens is 649 g/mol. The summed E-state index contributed by atoms with van der Waals surface area (Å²) in [6.45, 7) is 3.82. The fourth-order valence-electron chi connectivity index (χ4n) is 4.94. The molecule has 0 unspecified atom stereocenters. The second-order valence-corrected chi connectivity index (χ2v) is 12.5. The van der Waals surface area contributed by atoms with Crippen LogP contribution in [-0.4, -0.2) is 70.6 Å². The van der Waals surface area contributed by atoms with Gasteiger partial charge in [0.05, 0.1) is 35.9 Å². The van der Waals surface area contributed by atoms with Crippen LogP contribution >= 0.6 is 35.6 Å². The lowest BCUT2D eigenvalue weighted by molar-refractivity contribution is -0.137. The predicted octanol–water partition coefficient (Wildman–Crippen LogP) is 7.23. The number of halogens is 4. The van der Waals surface area contributed by atoms with Crippen molar-refractivity contribution in [2.45, 2.75) is 19.1 Å². The van der Waals surface area contributed by atoms with E-state index in [9.17, 15) is 27.9 Å². The van der Waals surface area contributed by atoms with Crippen LogP contribution in [-0.2, 0) is 22.3 Å². The number of thioether (sulfide) groups is 1. The highest BCUT2D eigenvalue weighted by Gasteiger charge is 2.32. The molecule has 5 rings (SSSR count). The van der Waals surface area contributed by atoms with Crippen LogP contribution in [0.4, 0.5) is 13.2 Å². The Labute approximate surface area is 272 Å². The van der Waals surface area contributed by atoms with Crippen LogP contribution in [0.1, 0.15) is 33.5 Å². The second-order valence-electron chi connectivity index (χ2n) is 10.4. The van der Waals surface area contributed by atoms with E-state index in [1.54, 1.807) is 42.5 Å². The summed E-state index contributed by atoms with van der Waals surface area (Å²) in [6.07, 6.45) is -2.38. The van der Waals surface area contributed by atoms with Crippen molar-refractivity contribution in [3.05, 3.63) is 92.8 Å². The minimum atomic E-state index is -4.51.